The molecule has 128 valence electrons. The maximum atomic E-state index is 11.9. The molecule has 0 spiro atoms. The molecule has 1 fully saturated rings. The maximum absolute atomic E-state index is 11.9. The Labute approximate surface area is 143 Å². The van der Waals surface area contributed by atoms with Crippen LogP contribution in [0.2, 0.25) is 0 Å². The summed E-state index contributed by atoms with van der Waals surface area (Å²) in [6.07, 6.45) is 0.411. The smallest absolute Gasteiger partial charge is 0.303 e. The number of amidine groups is 1. The van der Waals surface area contributed by atoms with Gasteiger partial charge in [0.25, 0.3) is 0 Å². The fourth-order valence-electron chi connectivity index (χ4n) is 2.04. The number of aliphatic imine (C=N–C) groups is 1. The molecule has 1 atom stereocenters. The van der Waals surface area contributed by atoms with Gasteiger partial charge < -0.3 is 15.7 Å². The molecule has 0 aromatic heterocycles. The predicted octanol–water partition coefficient (Wildman–Crippen LogP) is 1.59. The SMILES string of the molecule is Cc1ccc(N=C2NC(=O)C(CC(=O)NCCCC(=O)O)S2)cc1. The lowest BCUT2D eigenvalue weighted by molar-refractivity contribution is -0.137. The van der Waals surface area contributed by atoms with Crippen LogP contribution in [0.25, 0.3) is 0 Å². The van der Waals surface area contributed by atoms with Crippen LogP contribution in [0, 0.1) is 6.92 Å². The average Bonchev–Trinajstić information content (AvgIpc) is 2.85. The van der Waals surface area contributed by atoms with Crippen molar-refractivity contribution >= 4 is 40.4 Å². The predicted molar refractivity (Wildman–Crippen MR) is 92.3 cm³/mol. The van der Waals surface area contributed by atoms with Crippen molar-refractivity contribution in [2.45, 2.75) is 31.4 Å². The number of nitrogens with one attached hydrogen (secondary N) is 2. The normalized spacial score (nSPS) is 18.5. The van der Waals surface area contributed by atoms with E-state index in [-0.39, 0.29) is 31.2 Å². The van der Waals surface area contributed by atoms with Gasteiger partial charge in [0, 0.05) is 19.4 Å². The number of aliphatic carboxylic acids is 1. The van der Waals surface area contributed by atoms with E-state index < -0.39 is 11.2 Å². The van der Waals surface area contributed by atoms with Crippen LogP contribution < -0.4 is 10.6 Å². The number of hydrogen-bond donors (Lipinski definition) is 3. The molecule has 7 nitrogen and oxygen atoms in total. The van der Waals surface area contributed by atoms with Gasteiger partial charge in [0.1, 0.15) is 5.25 Å². The minimum absolute atomic E-state index is 0.00625. The number of carboxylic acids is 1. The highest BCUT2D eigenvalue weighted by Gasteiger charge is 2.31. The number of carboxylic acid groups (broad SMARTS) is 1. The summed E-state index contributed by atoms with van der Waals surface area (Å²) in [5.41, 5.74) is 1.86. The number of benzene rings is 1. The van der Waals surface area contributed by atoms with E-state index in [9.17, 15) is 14.4 Å². The summed E-state index contributed by atoms with van der Waals surface area (Å²) in [7, 11) is 0. The van der Waals surface area contributed by atoms with Crippen molar-refractivity contribution in [3.05, 3.63) is 29.8 Å². The quantitative estimate of drug-likeness (QED) is 0.648. The molecule has 24 heavy (non-hydrogen) atoms. The molecule has 1 aromatic carbocycles. The Morgan fingerprint density at radius 2 is 2.04 bits per heavy atom. The van der Waals surface area contributed by atoms with Gasteiger partial charge in [0.05, 0.1) is 5.69 Å². The van der Waals surface area contributed by atoms with Crippen molar-refractivity contribution in [2.75, 3.05) is 6.54 Å². The fraction of sp³-hybridized carbons (Fsp3) is 0.375. The van der Waals surface area contributed by atoms with E-state index in [1.54, 1.807) is 0 Å². The van der Waals surface area contributed by atoms with Gasteiger partial charge in [0.2, 0.25) is 11.8 Å². The summed E-state index contributed by atoms with van der Waals surface area (Å²) in [5.74, 6) is -1.41. The Morgan fingerprint density at radius 3 is 2.71 bits per heavy atom. The van der Waals surface area contributed by atoms with E-state index in [2.05, 4.69) is 15.6 Å². The summed E-state index contributed by atoms with van der Waals surface area (Å²) in [4.78, 5) is 38.5. The van der Waals surface area contributed by atoms with Gasteiger partial charge >= 0.3 is 5.97 Å². The van der Waals surface area contributed by atoms with Gasteiger partial charge in [-0.3, -0.25) is 14.4 Å². The van der Waals surface area contributed by atoms with Crippen LogP contribution in [0.5, 0.6) is 0 Å². The molecule has 1 heterocycles. The highest BCUT2D eigenvalue weighted by Crippen LogP contribution is 2.25. The lowest BCUT2D eigenvalue weighted by Crippen LogP contribution is -2.31. The zero-order valence-corrected chi connectivity index (χ0v) is 14.1. The Balaban J connectivity index is 1.82. The van der Waals surface area contributed by atoms with Gasteiger partial charge in [-0.15, -0.1) is 0 Å². The van der Waals surface area contributed by atoms with Crippen molar-refractivity contribution in [2.24, 2.45) is 4.99 Å². The van der Waals surface area contributed by atoms with E-state index in [1.165, 1.54) is 11.8 Å². The third-order valence-corrected chi connectivity index (χ3v) is 4.38. The number of hydrogen-bond acceptors (Lipinski definition) is 5. The van der Waals surface area contributed by atoms with Crippen molar-refractivity contribution in [1.29, 1.82) is 0 Å². The fourth-order valence-corrected chi connectivity index (χ4v) is 3.02. The minimum Gasteiger partial charge on any atom is -0.481 e. The van der Waals surface area contributed by atoms with E-state index in [4.69, 9.17) is 5.11 Å². The molecule has 1 aliphatic heterocycles. The van der Waals surface area contributed by atoms with Crippen LogP contribution in [-0.4, -0.2) is 39.9 Å². The topological polar surface area (TPSA) is 108 Å². The zero-order valence-electron chi connectivity index (χ0n) is 13.2. The third-order valence-electron chi connectivity index (χ3n) is 3.30. The second-order valence-corrected chi connectivity index (χ2v) is 6.59. The molecule has 1 aliphatic rings. The number of thioether (sulfide) groups is 1. The molecule has 2 amide bonds. The Hall–Kier alpha value is -2.35. The molecule has 3 N–H and O–H groups in total. The summed E-state index contributed by atoms with van der Waals surface area (Å²) >= 11 is 1.22. The molecule has 2 rings (SSSR count). The average molecular weight is 349 g/mol. The van der Waals surface area contributed by atoms with Gasteiger partial charge in [-0.2, -0.15) is 0 Å². The first-order valence-electron chi connectivity index (χ1n) is 7.55. The molecule has 8 heteroatoms. The van der Waals surface area contributed by atoms with Crippen LogP contribution in [-0.2, 0) is 14.4 Å². The number of carbonyl (C=O) groups excluding carboxylic acids is 2. The first kappa shape index (κ1) is 18.0. The first-order chi connectivity index (χ1) is 11.4. The number of rotatable bonds is 7. The minimum atomic E-state index is -0.896. The number of carbonyl (C=O) groups is 3. The van der Waals surface area contributed by atoms with Crippen LogP contribution in [0.15, 0.2) is 29.3 Å². The van der Waals surface area contributed by atoms with Crippen molar-refractivity contribution in [1.82, 2.24) is 10.6 Å². The molecular weight excluding hydrogens is 330 g/mol. The molecule has 0 saturated carbocycles. The molecule has 0 aliphatic carbocycles. The van der Waals surface area contributed by atoms with E-state index >= 15 is 0 Å². The molecule has 1 saturated heterocycles. The highest BCUT2D eigenvalue weighted by atomic mass is 32.2. The van der Waals surface area contributed by atoms with E-state index in [1.807, 2.05) is 31.2 Å². The number of amides is 2. The van der Waals surface area contributed by atoms with Crippen LogP contribution in [0.4, 0.5) is 5.69 Å². The van der Waals surface area contributed by atoms with E-state index in [0.29, 0.717) is 11.6 Å². The Bertz CT molecular complexity index is 658. The molecule has 0 radical (unpaired) electrons. The van der Waals surface area contributed by atoms with Gasteiger partial charge in [-0.05, 0) is 25.5 Å². The lowest BCUT2D eigenvalue weighted by Gasteiger charge is -2.06. The van der Waals surface area contributed by atoms with Crippen molar-refractivity contribution in [3.8, 4) is 0 Å². The Kier molecular flexibility index (Phi) is 6.36. The van der Waals surface area contributed by atoms with Crippen molar-refractivity contribution < 1.29 is 19.5 Å². The molecule has 1 aromatic rings. The van der Waals surface area contributed by atoms with Gasteiger partial charge in [-0.1, -0.05) is 29.5 Å². The molecular formula is C16H19N3O4S. The molecule has 1 unspecified atom stereocenters. The van der Waals surface area contributed by atoms with Crippen LogP contribution >= 0.6 is 11.8 Å². The van der Waals surface area contributed by atoms with E-state index in [0.717, 1.165) is 11.3 Å². The Morgan fingerprint density at radius 1 is 1.33 bits per heavy atom. The third kappa shape index (κ3) is 5.69. The van der Waals surface area contributed by atoms with Crippen molar-refractivity contribution in [3.63, 3.8) is 0 Å². The maximum Gasteiger partial charge on any atom is 0.303 e. The first-order valence-corrected chi connectivity index (χ1v) is 8.43. The van der Waals surface area contributed by atoms with Gasteiger partial charge in [-0.25, -0.2) is 4.99 Å². The second kappa shape index (κ2) is 8.49. The summed E-state index contributed by atoms with van der Waals surface area (Å²) < 4.78 is 0. The number of nitrogens with zero attached hydrogens (tertiary/aromatic N) is 1. The van der Waals surface area contributed by atoms with Crippen LogP contribution in [0.1, 0.15) is 24.8 Å². The van der Waals surface area contributed by atoms with Crippen LogP contribution in [0.3, 0.4) is 0 Å². The zero-order chi connectivity index (χ0) is 17.5. The lowest BCUT2D eigenvalue weighted by atomic mass is 10.2. The van der Waals surface area contributed by atoms with Gasteiger partial charge in [0.15, 0.2) is 5.17 Å². The largest absolute Gasteiger partial charge is 0.481 e. The number of aryl methyl sites for hydroxylation is 1. The standard InChI is InChI=1S/C16H19N3O4S/c1-10-4-6-11(7-5-10)18-16-19-15(23)12(24-16)9-13(20)17-8-2-3-14(21)22/h4-7,12H,2-3,8-9H2,1H3,(H,17,20)(H,21,22)(H,18,19,23). The molecule has 0 bridgehead atoms. The monoisotopic (exact) mass is 349 g/mol. The second-order valence-electron chi connectivity index (χ2n) is 5.40. The highest BCUT2D eigenvalue weighted by molar-refractivity contribution is 8.15. The summed E-state index contributed by atoms with van der Waals surface area (Å²) in [6.45, 7) is 2.27. The summed E-state index contributed by atoms with van der Waals surface area (Å²) in [6, 6.07) is 7.58. The summed E-state index contributed by atoms with van der Waals surface area (Å²) in [5, 5.41) is 13.8.